The second kappa shape index (κ2) is 11.0. The smallest absolute Gasteiger partial charge is 0.246 e. The highest BCUT2D eigenvalue weighted by atomic mass is 35.5. The Morgan fingerprint density at radius 3 is 2.53 bits per heavy atom. The molecule has 0 unspecified atom stereocenters. The van der Waals surface area contributed by atoms with Crippen LogP contribution in [0.1, 0.15) is 18.6 Å². The van der Waals surface area contributed by atoms with Crippen molar-refractivity contribution >= 4 is 29.4 Å². The molecule has 2 amide bonds. The minimum atomic E-state index is -0.375. The number of halogens is 1. The molecule has 9 nitrogen and oxygen atoms in total. The number of anilines is 1. The van der Waals surface area contributed by atoms with Crippen LogP contribution in [0, 0.1) is 5.92 Å². The van der Waals surface area contributed by atoms with Crippen molar-refractivity contribution in [1.29, 1.82) is 0 Å². The Balaban J connectivity index is 1.45. The van der Waals surface area contributed by atoms with Gasteiger partial charge in [0.1, 0.15) is 12.3 Å². The lowest BCUT2D eigenvalue weighted by Crippen LogP contribution is -2.38. The van der Waals surface area contributed by atoms with E-state index >= 15 is 0 Å². The number of ether oxygens (including phenoxy) is 2. The summed E-state index contributed by atoms with van der Waals surface area (Å²) in [6.45, 7) is 0.0843. The summed E-state index contributed by atoms with van der Waals surface area (Å²) in [5.41, 5.74) is 2.16. The van der Waals surface area contributed by atoms with Crippen LogP contribution in [0.3, 0.4) is 0 Å². The van der Waals surface area contributed by atoms with E-state index in [9.17, 15) is 9.59 Å². The van der Waals surface area contributed by atoms with Gasteiger partial charge in [-0.3, -0.25) is 19.5 Å². The Morgan fingerprint density at radius 2 is 1.87 bits per heavy atom. The third kappa shape index (κ3) is 5.68. The monoisotopic (exact) mass is 534 g/mol. The van der Waals surface area contributed by atoms with Gasteiger partial charge in [0.05, 0.1) is 38.4 Å². The number of benzene rings is 2. The molecule has 196 valence electrons. The largest absolute Gasteiger partial charge is 0.493 e. The lowest BCUT2D eigenvalue weighted by molar-refractivity contribution is -0.136. The molecule has 1 aliphatic carbocycles. The fourth-order valence-electron chi connectivity index (χ4n) is 4.13. The van der Waals surface area contributed by atoms with E-state index in [1.807, 2.05) is 24.4 Å². The van der Waals surface area contributed by atoms with Crippen LogP contribution < -0.4 is 14.8 Å². The molecule has 2 aromatic heterocycles. The molecule has 0 saturated heterocycles. The van der Waals surface area contributed by atoms with Crippen LogP contribution in [-0.4, -0.2) is 47.0 Å². The molecule has 0 radical (unpaired) electrons. The molecule has 1 saturated carbocycles. The number of hydrogen-bond acceptors (Lipinski definition) is 6. The molecule has 38 heavy (non-hydrogen) atoms. The van der Waals surface area contributed by atoms with Gasteiger partial charge in [-0.05, 0) is 49.2 Å². The maximum absolute atomic E-state index is 13.2. The van der Waals surface area contributed by atoms with Crippen LogP contribution in [0.5, 0.6) is 11.5 Å². The average molecular weight is 535 g/mol. The van der Waals surface area contributed by atoms with Crippen molar-refractivity contribution in [2.24, 2.45) is 5.92 Å². The maximum Gasteiger partial charge on any atom is 0.246 e. The molecule has 0 aliphatic heterocycles. The molecule has 0 spiro atoms. The fraction of sp³-hybridized carbons (Fsp3) is 0.250. The zero-order valence-electron chi connectivity index (χ0n) is 21.0. The van der Waals surface area contributed by atoms with Crippen LogP contribution in [0.4, 0.5) is 5.95 Å². The lowest BCUT2D eigenvalue weighted by Gasteiger charge is -2.21. The Hall–Kier alpha value is -4.24. The van der Waals surface area contributed by atoms with Crippen molar-refractivity contribution in [3.05, 3.63) is 77.8 Å². The standard InChI is InChI=1S/C28H27ClN4O5/c1-36-24-12-11-21(14-25(24)37-2)33-16-23(18-7-9-20(29)10-8-18)30-28(33)31-26(34)17-32(27(35)19-5-6-19)15-22-4-3-13-38-22/h3-4,7-14,16,19H,5-6,15,17H2,1-2H3,(H,30,31,34). The van der Waals surface area contributed by atoms with Gasteiger partial charge >= 0.3 is 0 Å². The highest BCUT2D eigenvalue weighted by molar-refractivity contribution is 6.30. The van der Waals surface area contributed by atoms with E-state index in [1.165, 1.54) is 4.90 Å². The van der Waals surface area contributed by atoms with Gasteiger partial charge in [-0.2, -0.15) is 0 Å². The lowest BCUT2D eigenvalue weighted by atomic mass is 10.2. The van der Waals surface area contributed by atoms with Crippen LogP contribution in [0.15, 0.2) is 71.5 Å². The predicted octanol–water partition coefficient (Wildman–Crippen LogP) is 5.18. The first-order chi connectivity index (χ1) is 18.4. The number of nitrogens with one attached hydrogen (secondary N) is 1. The number of furan rings is 1. The Bertz CT molecular complexity index is 1430. The van der Waals surface area contributed by atoms with E-state index in [-0.39, 0.29) is 30.8 Å². The molecule has 2 aromatic carbocycles. The van der Waals surface area contributed by atoms with Gasteiger partial charge in [0.25, 0.3) is 0 Å². The molecule has 0 bridgehead atoms. The number of aromatic nitrogens is 2. The number of carbonyl (C=O) groups is 2. The topological polar surface area (TPSA) is 98.8 Å². The van der Waals surface area contributed by atoms with Crippen molar-refractivity contribution in [1.82, 2.24) is 14.5 Å². The van der Waals surface area contributed by atoms with Gasteiger partial charge in [0.15, 0.2) is 11.5 Å². The third-order valence-electron chi connectivity index (χ3n) is 6.24. The summed E-state index contributed by atoms with van der Waals surface area (Å²) in [5.74, 6) is 1.55. The van der Waals surface area contributed by atoms with Crippen molar-refractivity contribution in [2.45, 2.75) is 19.4 Å². The molecule has 2 heterocycles. The van der Waals surface area contributed by atoms with E-state index in [1.54, 1.807) is 61.4 Å². The van der Waals surface area contributed by atoms with E-state index in [4.69, 9.17) is 30.5 Å². The summed E-state index contributed by atoms with van der Waals surface area (Å²) in [6.07, 6.45) is 5.04. The van der Waals surface area contributed by atoms with Gasteiger partial charge in [-0.25, -0.2) is 4.98 Å². The molecule has 1 fully saturated rings. The first-order valence-corrected chi connectivity index (χ1v) is 12.5. The molecular formula is C28H27ClN4O5. The average Bonchev–Trinajstić information content (AvgIpc) is 3.50. The molecule has 10 heteroatoms. The van der Waals surface area contributed by atoms with Gasteiger partial charge in [-0.1, -0.05) is 23.7 Å². The first-order valence-electron chi connectivity index (χ1n) is 12.1. The second-order valence-electron chi connectivity index (χ2n) is 8.96. The molecule has 0 atom stereocenters. The van der Waals surface area contributed by atoms with Crippen LogP contribution in [-0.2, 0) is 16.1 Å². The third-order valence-corrected chi connectivity index (χ3v) is 6.49. The van der Waals surface area contributed by atoms with Crippen molar-refractivity contribution < 1.29 is 23.5 Å². The Morgan fingerprint density at radius 1 is 1.11 bits per heavy atom. The fourth-order valence-corrected chi connectivity index (χ4v) is 4.25. The van der Waals surface area contributed by atoms with Gasteiger partial charge in [-0.15, -0.1) is 0 Å². The van der Waals surface area contributed by atoms with Crippen molar-refractivity contribution in [2.75, 3.05) is 26.1 Å². The summed E-state index contributed by atoms with van der Waals surface area (Å²) in [7, 11) is 3.12. The van der Waals surface area contributed by atoms with Gasteiger partial charge in [0.2, 0.25) is 17.8 Å². The van der Waals surface area contributed by atoms with Crippen LogP contribution in [0.25, 0.3) is 16.9 Å². The van der Waals surface area contributed by atoms with Crippen molar-refractivity contribution in [3.63, 3.8) is 0 Å². The minimum absolute atomic E-state index is 0.0389. The maximum atomic E-state index is 13.2. The molecule has 4 aromatic rings. The van der Waals surface area contributed by atoms with Crippen LogP contribution >= 0.6 is 11.6 Å². The zero-order chi connectivity index (χ0) is 26.6. The summed E-state index contributed by atoms with van der Waals surface area (Å²) in [5, 5.41) is 3.50. The Labute approximate surface area is 224 Å². The molecule has 1 aliphatic rings. The normalized spacial score (nSPS) is 12.7. The summed E-state index contributed by atoms with van der Waals surface area (Å²) in [6, 6.07) is 16.2. The Kier molecular flexibility index (Phi) is 7.37. The second-order valence-corrected chi connectivity index (χ2v) is 9.40. The number of imidazole rings is 1. The quantitative estimate of drug-likeness (QED) is 0.301. The highest BCUT2D eigenvalue weighted by Gasteiger charge is 2.34. The predicted molar refractivity (Wildman–Crippen MR) is 143 cm³/mol. The van der Waals surface area contributed by atoms with E-state index in [2.05, 4.69) is 5.32 Å². The first kappa shape index (κ1) is 25.4. The number of carbonyl (C=O) groups excluding carboxylic acids is 2. The van der Waals surface area contributed by atoms with E-state index in [0.29, 0.717) is 39.6 Å². The number of rotatable bonds is 10. The summed E-state index contributed by atoms with van der Waals surface area (Å²) in [4.78, 5) is 32.4. The molecule has 1 N–H and O–H groups in total. The number of nitrogens with zero attached hydrogens (tertiary/aromatic N) is 3. The summed E-state index contributed by atoms with van der Waals surface area (Å²) >= 11 is 6.07. The minimum Gasteiger partial charge on any atom is -0.493 e. The number of amides is 2. The van der Waals surface area contributed by atoms with Gasteiger partial charge in [0, 0.05) is 28.8 Å². The summed E-state index contributed by atoms with van der Waals surface area (Å²) < 4.78 is 18.0. The van der Waals surface area contributed by atoms with Gasteiger partial charge < -0.3 is 18.8 Å². The van der Waals surface area contributed by atoms with Crippen LogP contribution in [0.2, 0.25) is 5.02 Å². The van der Waals surface area contributed by atoms with Crippen molar-refractivity contribution in [3.8, 4) is 28.4 Å². The highest BCUT2D eigenvalue weighted by Crippen LogP contribution is 2.33. The SMILES string of the molecule is COc1ccc(-n2cc(-c3ccc(Cl)cc3)nc2NC(=O)CN(Cc2ccco2)C(=O)C2CC2)cc1OC. The number of hydrogen-bond donors (Lipinski definition) is 1. The van der Waals surface area contributed by atoms with E-state index in [0.717, 1.165) is 18.4 Å². The molecular weight excluding hydrogens is 508 g/mol. The van der Waals surface area contributed by atoms with E-state index < -0.39 is 0 Å². The zero-order valence-corrected chi connectivity index (χ0v) is 21.8. The number of methoxy groups -OCH3 is 2. The molecule has 5 rings (SSSR count).